The summed E-state index contributed by atoms with van der Waals surface area (Å²) >= 11 is 3.61. The van der Waals surface area contributed by atoms with Crippen molar-refractivity contribution >= 4 is 29.4 Å². The number of hydrogen-bond donors (Lipinski definition) is 2. The van der Waals surface area contributed by atoms with E-state index in [0.717, 1.165) is 25.3 Å². The quantitative estimate of drug-likeness (QED) is 0.743. The summed E-state index contributed by atoms with van der Waals surface area (Å²) in [4.78, 5) is 11.8. The van der Waals surface area contributed by atoms with Gasteiger partial charge < -0.3 is 10.6 Å². The van der Waals surface area contributed by atoms with Crippen LogP contribution in [0.25, 0.3) is 0 Å². The fourth-order valence-electron chi connectivity index (χ4n) is 1.89. The summed E-state index contributed by atoms with van der Waals surface area (Å²) in [5.74, 6) is 1.84. The number of amides is 1. The number of carbonyl (C=O) groups excluding carboxylic acids is 1. The summed E-state index contributed by atoms with van der Waals surface area (Å²) < 4.78 is 0. The Kier molecular flexibility index (Phi) is 8.14. The standard InChI is InChI=1S/C12H24N2OS2/c1-3-10(8-16-2)14-12(15)9-17-11-4-6-13-7-5-11/h10-11,13H,3-9H2,1-2H3,(H,14,15). The van der Waals surface area contributed by atoms with E-state index in [2.05, 4.69) is 23.8 Å². The van der Waals surface area contributed by atoms with Crippen molar-refractivity contribution in [2.24, 2.45) is 0 Å². The molecule has 1 unspecified atom stereocenters. The molecule has 1 fully saturated rings. The SMILES string of the molecule is CCC(CSC)NC(=O)CSC1CCNCC1. The average Bonchev–Trinajstić information content (AvgIpc) is 2.37. The Morgan fingerprint density at radius 3 is 2.76 bits per heavy atom. The fraction of sp³-hybridized carbons (Fsp3) is 0.917. The molecule has 0 aromatic carbocycles. The van der Waals surface area contributed by atoms with Crippen molar-refractivity contribution in [2.75, 3.05) is 30.9 Å². The molecule has 100 valence electrons. The lowest BCUT2D eigenvalue weighted by Crippen LogP contribution is -2.38. The molecule has 0 aromatic heterocycles. The first-order valence-electron chi connectivity index (χ1n) is 6.36. The van der Waals surface area contributed by atoms with Crippen molar-refractivity contribution in [3.63, 3.8) is 0 Å². The van der Waals surface area contributed by atoms with E-state index in [1.165, 1.54) is 12.8 Å². The number of rotatable bonds is 7. The third-order valence-corrected chi connectivity index (χ3v) is 5.07. The van der Waals surface area contributed by atoms with Gasteiger partial charge in [0.15, 0.2) is 0 Å². The normalized spacial score (nSPS) is 18.9. The maximum absolute atomic E-state index is 11.8. The van der Waals surface area contributed by atoms with Gasteiger partial charge in [0.2, 0.25) is 5.91 Å². The zero-order chi connectivity index (χ0) is 12.5. The second-order valence-corrected chi connectivity index (χ2v) is 6.59. The van der Waals surface area contributed by atoms with Crippen LogP contribution >= 0.6 is 23.5 Å². The van der Waals surface area contributed by atoms with Gasteiger partial charge >= 0.3 is 0 Å². The average molecular weight is 276 g/mol. The topological polar surface area (TPSA) is 41.1 Å². The predicted octanol–water partition coefficient (Wildman–Crippen LogP) is 1.73. The van der Waals surface area contributed by atoms with Gasteiger partial charge in [0.05, 0.1) is 5.75 Å². The molecule has 3 nitrogen and oxygen atoms in total. The molecule has 2 N–H and O–H groups in total. The molecule has 1 amide bonds. The lowest BCUT2D eigenvalue weighted by molar-refractivity contribution is -0.119. The Balaban J connectivity index is 2.14. The van der Waals surface area contributed by atoms with Crippen molar-refractivity contribution in [3.8, 4) is 0 Å². The third kappa shape index (κ3) is 6.58. The minimum Gasteiger partial charge on any atom is -0.352 e. The summed E-state index contributed by atoms with van der Waals surface area (Å²) in [5, 5.41) is 7.12. The number of carbonyl (C=O) groups is 1. The van der Waals surface area contributed by atoms with E-state index in [4.69, 9.17) is 0 Å². The van der Waals surface area contributed by atoms with Gasteiger partial charge in [-0.3, -0.25) is 4.79 Å². The monoisotopic (exact) mass is 276 g/mol. The highest BCUT2D eigenvalue weighted by Gasteiger charge is 2.16. The van der Waals surface area contributed by atoms with Gasteiger partial charge in [-0.2, -0.15) is 11.8 Å². The largest absolute Gasteiger partial charge is 0.352 e. The summed E-state index contributed by atoms with van der Waals surface area (Å²) in [7, 11) is 0. The van der Waals surface area contributed by atoms with Crippen LogP contribution in [0, 0.1) is 0 Å². The Bertz CT molecular complexity index is 221. The zero-order valence-electron chi connectivity index (χ0n) is 10.8. The van der Waals surface area contributed by atoms with Gasteiger partial charge in [0.1, 0.15) is 0 Å². The maximum atomic E-state index is 11.8. The molecule has 0 bridgehead atoms. The van der Waals surface area contributed by atoms with E-state index in [-0.39, 0.29) is 5.91 Å². The molecular formula is C12H24N2OS2. The first kappa shape index (κ1) is 15.2. The molecule has 0 radical (unpaired) electrons. The Morgan fingerprint density at radius 1 is 1.47 bits per heavy atom. The van der Waals surface area contributed by atoms with E-state index >= 15 is 0 Å². The Hall–Kier alpha value is 0.130. The lowest BCUT2D eigenvalue weighted by Gasteiger charge is -2.22. The number of thioether (sulfide) groups is 2. The van der Waals surface area contributed by atoms with Crippen LogP contribution in [0.1, 0.15) is 26.2 Å². The van der Waals surface area contributed by atoms with Crippen LogP contribution < -0.4 is 10.6 Å². The smallest absolute Gasteiger partial charge is 0.230 e. The van der Waals surface area contributed by atoms with Gasteiger partial charge in [-0.25, -0.2) is 0 Å². The summed E-state index contributed by atoms with van der Waals surface area (Å²) in [6.07, 6.45) is 5.49. The third-order valence-electron chi connectivity index (χ3n) is 2.96. The van der Waals surface area contributed by atoms with Crippen molar-refractivity contribution < 1.29 is 4.79 Å². The molecule has 0 saturated carbocycles. The van der Waals surface area contributed by atoms with Crippen LogP contribution in [0.4, 0.5) is 0 Å². The molecule has 1 aliphatic rings. The molecule has 1 aliphatic heterocycles. The minimum atomic E-state index is 0.203. The fourth-order valence-corrected chi connectivity index (χ4v) is 3.65. The minimum absolute atomic E-state index is 0.203. The van der Waals surface area contributed by atoms with Crippen molar-refractivity contribution in [3.05, 3.63) is 0 Å². The van der Waals surface area contributed by atoms with Crippen LogP contribution in [0.3, 0.4) is 0 Å². The van der Waals surface area contributed by atoms with Crippen LogP contribution in [0.15, 0.2) is 0 Å². The molecule has 1 rings (SSSR count). The molecule has 0 aliphatic carbocycles. The number of piperidine rings is 1. The van der Waals surface area contributed by atoms with Gasteiger partial charge in [-0.15, -0.1) is 11.8 Å². The highest BCUT2D eigenvalue weighted by Crippen LogP contribution is 2.19. The van der Waals surface area contributed by atoms with Gasteiger partial charge in [-0.05, 0) is 38.6 Å². The van der Waals surface area contributed by atoms with Crippen LogP contribution in [0.2, 0.25) is 0 Å². The zero-order valence-corrected chi connectivity index (χ0v) is 12.5. The molecular weight excluding hydrogens is 252 g/mol. The molecule has 0 aromatic rings. The molecule has 5 heteroatoms. The molecule has 0 spiro atoms. The second kappa shape index (κ2) is 9.11. The summed E-state index contributed by atoms with van der Waals surface area (Å²) in [5.41, 5.74) is 0. The highest BCUT2D eigenvalue weighted by molar-refractivity contribution is 8.00. The maximum Gasteiger partial charge on any atom is 0.230 e. The van der Waals surface area contributed by atoms with Crippen LogP contribution in [0.5, 0.6) is 0 Å². The van der Waals surface area contributed by atoms with Crippen molar-refractivity contribution in [1.82, 2.24) is 10.6 Å². The summed E-state index contributed by atoms with van der Waals surface area (Å²) in [6, 6.07) is 0.339. The molecule has 1 atom stereocenters. The van der Waals surface area contributed by atoms with Crippen LogP contribution in [-0.4, -0.2) is 48.0 Å². The molecule has 1 heterocycles. The van der Waals surface area contributed by atoms with Crippen LogP contribution in [-0.2, 0) is 4.79 Å². The second-order valence-electron chi connectivity index (χ2n) is 4.39. The highest BCUT2D eigenvalue weighted by atomic mass is 32.2. The Labute approximate surface area is 113 Å². The van der Waals surface area contributed by atoms with E-state index in [1.54, 1.807) is 11.8 Å². The van der Waals surface area contributed by atoms with Gasteiger partial charge in [0.25, 0.3) is 0 Å². The first-order valence-corrected chi connectivity index (χ1v) is 8.81. The first-order chi connectivity index (χ1) is 8.26. The molecule has 1 saturated heterocycles. The molecule has 17 heavy (non-hydrogen) atoms. The number of nitrogens with one attached hydrogen (secondary N) is 2. The van der Waals surface area contributed by atoms with Crippen molar-refractivity contribution in [2.45, 2.75) is 37.5 Å². The van der Waals surface area contributed by atoms with Gasteiger partial charge in [-0.1, -0.05) is 6.92 Å². The van der Waals surface area contributed by atoms with E-state index in [9.17, 15) is 4.79 Å². The summed E-state index contributed by atoms with van der Waals surface area (Å²) in [6.45, 7) is 4.33. The van der Waals surface area contributed by atoms with Gasteiger partial charge in [0, 0.05) is 17.0 Å². The number of hydrogen-bond acceptors (Lipinski definition) is 4. The Morgan fingerprint density at radius 2 is 2.18 bits per heavy atom. The van der Waals surface area contributed by atoms with E-state index in [0.29, 0.717) is 17.0 Å². The predicted molar refractivity (Wildman–Crippen MR) is 79.0 cm³/mol. The van der Waals surface area contributed by atoms with Crippen molar-refractivity contribution in [1.29, 1.82) is 0 Å². The lowest BCUT2D eigenvalue weighted by atomic mass is 10.2. The van der Waals surface area contributed by atoms with E-state index in [1.807, 2.05) is 11.8 Å². The van der Waals surface area contributed by atoms with E-state index < -0.39 is 0 Å².